The highest BCUT2D eigenvalue weighted by molar-refractivity contribution is 7.80. The maximum absolute atomic E-state index is 13.0. The smallest absolute Gasteiger partial charge is 0.328 e. The number of benzene rings is 1. The van der Waals surface area contributed by atoms with E-state index in [1.807, 2.05) is 9.80 Å². The Hall–Kier alpha value is -2.79. The van der Waals surface area contributed by atoms with Crippen LogP contribution in [0.4, 0.5) is 10.1 Å². The number of hydrogen-bond acceptors (Lipinski definition) is 7. The first-order chi connectivity index (χ1) is 14.8. The molecular weight excluding hydrogens is 427 g/mol. The fraction of sp³-hybridized carbons (Fsp3) is 0.500. The van der Waals surface area contributed by atoms with E-state index >= 15 is 0 Å². The summed E-state index contributed by atoms with van der Waals surface area (Å²) in [5.41, 5.74) is 0.535. The van der Waals surface area contributed by atoms with Gasteiger partial charge < -0.3 is 25.0 Å². The molecule has 9 nitrogen and oxygen atoms in total. The van der Waals surface area contributed by atoms with Crippen molar-refractivity contribution in [2.75, 3.05) is 52.3 Å². The highest BCUT2D eigenvalue weighted by atomic mass is 32.1. The van der Waals surface area contributed by atoms with Crippen molar-refractivity contribution in [2.24, 2.45) is 0 Å². The van der Waals surface area contributed by atoms with Gasteiger partial charge in [0.2, 0.25) is 5.91 Å². The molecule has 0 aliphatic carbocycles. The summed E-state index contributed by atoms with van der Waals surface area (Å²) in [6.07, 6.45) is 0.554. The molecule has 0 spiro atoms. The average molecular weight is 455 g/mol. The van der Waals surface area contributed by atoms with E-state index in [9.17, 15) is 18.8 Å². The van der Waals surface area contributed by atoms with Crippen LogP contribution in [0.3, 0.4) is 0 Å². The summed E-state index contributed by atoms with van der Waals surface area (Å²) in [6, 6.07) is 4.65. The maximum atomic E-state index is 13.0. The number of carbonyl (C=O) groups excluding carboxylic acids is 3. The van der Waals surface area contributed by atoms with Gasteiger partial charge in [0.05, 0.1) is 27.2 Å². The van der Waals surface area contributed by atoms with E-state index in [4.69, 9.17) is 17.0 Å². The fourth-order valence-electron chi connectivity index (χ4n) is 3.09. The molecule has 1 saturated heterocycles. The molecular formula is C20H27FN4O5S. The fourth-order valence-corrected chi connectivity index (χ4v) is 3.42. The SMILES string of the molecule is COC(=O)CC(NC(=S)N1CCCN(CC(=O)Nc2ccc(F)cc2)CC1)C(=O)OC. The zero-order chi connectivity index (χ0) is 22.8. The minimum absolute atomic E-state index is 0.190. The van der Waals surface area contributed by atoms with Crippen LogP contribution in [0, 0.1) is 5.82 Å². The highest BCUT2D eigenvalue weighted by Gasteiger charge is 2.26. The minimum Gasteiger partial charge on any atom is -0.469 e. The van der Waals surface area contributed by atoms with Gasteiger partial charge in [-0.2, -0.15) is 0 Å². The van der Waals surface area contributed by atoms with Gasteiger partial charge in [0.25, 0.3) is 0 Å². The van der Waals surface area contributed by atoms with Crippen LogP contribution >= 0.6 is 12.2 Å². The topological polar surface area (TPSA) is 100 Å². The third-order valence-electron chi connectivity index (χ3n) is 4.75. The molecule has 1 heterocycles. The lowest BCUT2D eigenvalue weighted by atomic mass is 10.2. The number of ether oxygens (including phenoxy) is 2. The molecule has 2 rings (SSSR count). The van der Waals surface area contributed by atoms with E-state index < -0.39 is 18.0 Å². The number of esters is 2. The maximum Gasteiger partial charge on any atom is 0.328 e. The summed E-state index contributed by atoms with van der Waals surface area (Å²) >= 11 is 5.42. The van der Waals surface area contributed by atoms with Gasteiger partial charge in [-0.05, 0) is 42.9 Å². The summed E-state index contributed by atoms with van der Waals surface area (Å²) in [5.74, 6) is -1.72. The predicted molar refractivity (Wildman–Crippen MR) is 116 cm³/mol. The Morgan fingerprint density at radius 3 is 2.45 bits per heavy atom. The molecule has 1 unspecified atom stereocenters. The van der Waals surface area contributed by atoms with Crippen molar-refractivity contribution in [2.45, 2.75) is 18.9 Å². The Labute approximate surface area is 185 Å². The van der Waals surface area contributed by atoms with Crippen LogP contribution in [0.15, 0.2) is 24.3 Å². The van der Waals surface area contributed by atoms with E-state index in [0.717, 1.165) is 6.42 Å². The number of rotatable bonds is 7. The van der Waals surface area contributed by atoms with Crippen molar-refractivity contribution in [1.82, 2.24) is 15.1 Å². The van der Waals surface area contributed by atoms with Crippen molar-refractivity contribution < 1.29 is 28.2 Å². The first-order valence-electron chi connectivity index (χ1n) is 9.80. The van der Waals surface area contributed by atoms with Crippen molar-refractivity contribution in [3.8, 4) is 0 Å². The van der Waals surface area contributed by atoms with Crippen LogP contribution in [0.1, 0.15) is 12.8 Å². The lowest BCUT2D eigenvalue weighted by molar-refractivity contribution is -0.149. The molecule has 1 aromatic carbocycles. The lowest BCUT2D eigenvalue weighted by Crippen LogP contribution is -2.50. The van der Waals surface area contributed by atoms with Gasteiger partial charge in [-0.3, -0.25) is 14.5 Å². The molecule has 0 radical (unpaired) electrons. The zero-order valence-electron chi connectivity index (χ0n) is 17.6. The predicted octanol–water partition coefficient (Wildman–Crippen LogP) is 0.751. The number of hydrogen-bond donors (Lipinski definition) is 2. The normalized spacial score (nSPS) is 15.4. The summed E-state index contributed by atoms with van der Waals surface area (Å²) in [5, 5.41) is 5.95. The second-order valence-electron chi connectivity index (χ2n) is 6.98. The van der Waals surface area contributed by atoms with Gasteiger partial charge in [-0.15, -0.1) is 0 Å². The molecule has 0 bridgehead atoms. The largest absolute Gasteiger partial charge is 0.469 e. The summed E-state index contributed by atoms with van der Waals surface area (Å²) < 4.78 is 22.3. The first-order valence-corrected chi connectivity index (χ1v) is 10.2. The highest BCUT2D eigenvalue weighted by Crippen LogP contribution is 2.09. The van der Waals surface area contributed by atoms with Crippen LogP contribution in [0.5, 0.6) is 0 Å². The third kappa shape index (κ3) is 8.10. The number of thiocarbonyl (C=S) groups is 1. The average Bonchev–Trinajstić information content (AvgIpc) is 2.99. The van der Waals surface area contributed by atoms with E-state index in [-0.39, 0.29) is 24.7 Å². The minimum atomic E-state index is -0.939. The number of halogens is 1. The number of carbonyl (C=O) groups is 3. The molecule has 1 aromatic rings. The van der Waals surface area contributed by atoms with Gasteiger partial charge in [-0.25, -0.2) is 9.18 Å². The van der Waals surface area contributed by atoms with E-state index in [1.165, 1.54) is 38.5 Å². The third-order valence-corrected chi connectivity index (χ3v) is 5.13. The second kappa shape index (κ2) is 12.2. The second-order valence-corrected chi connectivity index (χ2v) is 7.36. The molecule has 31 heavy (non-hydrogen) atoms. The Morgan fingerprint density at radius 2 is 1.81 bits per heavy atom. The van der Waals surface area contributed by atoms with Crippen molar-refractivity contribution >= 4 is 40.9 Å². The van der Waals surface area contributed by atoms with Crippen molar-refractivity contribution in [3.05, 3.63) is 30.1 Å². The van der Waals surface area contributed by atoms with Crippen LogP contribution in [-0.2, 0) is 23.9 Å². The first kappa shape index (κ1) is 24.5. The molecule has 0 aromatic heterocycles. The standard InChI is InChI=1S/C20H27FN4O5S/c1-29-18(27)12-16(19(28)30-2)23-20(31)25-9-3-8-24(10-11-25)13-17(26)22-15-6-4-14(21)5-7-15/h4-7,16H,3,8-13H2,1-2H3,(H,22,26)(H,23,31). The van der Waals surface area contributed by atoms with Gasteiger partial charge in [0, 0.05) is 31.9 Å². The van der Waals surface area contributed by atoms with Crippen LogP contribution in [-0.4, -0.2) is 85.7 Å². The number of nitrogens with zero attached hydrogens (tertiary/aromatic N) is 2. The molecule has 1 fully saturated rings. The molecule has 170 valence electrons. The summed E-state index contributed by atoms with van der Waals surface area (Å²) in [7, 11) is 2.47. The van der Waals surface area contributed by atoms with Crippen molar-refractivity contribution in [1.29, 1.82) is 0 Å². The van der Waals surface area contributed by atoms with Crippen LogP contribution in [0.2, 0.25) is 0 Å². The Bertz CT molecular complexity index is 792. The lowest BCUT2D eigenvalue weighted by Gasteiger charge is -2.27. The van der Waals surface area contributed by atoms with Gasteiger partial charge in [-0.1, -0.05) is 0 Å². The molecule has 1 aliphatic rings. The zero-order valence-corrected chi connectivity index (χ0v) is 18.4. The van der Waals surface area contributed by atoms with E-state index in [1.54, 1.807) is 0 Å². The number of nitrogens with one attached hydrogen (secondary N) is 2. The Balaban J connectivity index is 1.85. The summed E-state index contributed by atoms with van der Waals surface area (Å²) in [6.45, 7) is 2.64. The molecule has 1 atom stereocenters. The van der Waals surface area contributed by atoms with Crippen LogP contribution in [0.25, 0.3) is 0 Å². The monoisotopic (exact) mass is 454 g/mol. The molecule has 0 saturated carbocycles. The Kier molecular flexibility index (Phi) is 9.60. The molecule has 2 N–H and O–H groups in total. The molecule has 11 heteroatoms. The van der Waals surface area contributed by atoms with Crippen molar-refractivity contribution in [3.63, 3.8) is 0 Å². The summed E-state index contributed by atoms with van der Waals surface area (Å²) in [4.78, 5) is 39.7. The van der Waals surface area contributed by atoms with E-state index in [2.05, 4.69) is 15.4 Å². The number of anilines is 1. The quantitative estimate of drug-likeness (QED) is 0.457. The number of amides is 1. The van der Waals surface area contributed by atoms with E-state index in [0.29, 0.717) is 37.0 Å². The number of methoxy groups -OCH3 is 2. The molecule has 1 amide bonds. The van der Waals surface area contributed by atoms with Gasteiger partial charge >= 0.3 is 11.9 Å². The molecule has 1 aliphatic heterocycles. The van der Waals surface area contributed by atoms with Gasteiger partial charge in [0.1, 0.15) is 11.9 Å². The van der Waals surface area contributed by atoms with Crippen LogP contribution < -0.4 is 10.6 Å². The Morgan fingerprint density at radius 1 is 1.10 bits per heavy atom. The van der Waals surface area contributed by atoms with Gasteiger partial charge in [0.15, 0.2) is 5.11 Å².